The molecule has 0 radical (unpaired) electrons. The highest BCUT2D eigenvalue weighted by Gasteiger charge is 2.04. The van der Waals surface area contributed by atoms with Crippen LogP contribution in [0.4, 0.5) is 0 Å². The Morgan fingerprint density at radius 2 is 2.00 bits per heavy atom. The predicted molar refractivity (Wildman–Crippen MR) is 72.5 cm³/mol. The standard InChI is InChI=1S/C14H20S/c1-4-8-13(11-15-3)14-10-7-6-9-12(14)5-2/h6-10H,4-5,11H2,1-3H3/b13-8+. The lowest BCUT2D eigenvalue weighted by molar-refractivity contribution is 1.12. The zero-order chi connectivity index (χ0) is 11.1. The second kappa shape index (κ2) is 6.73. The molecule has 1 rings (SSSR count). The molecular weight excluding hydrogens is 200 g/mol. The third-order valence-electron chi connectivity index (χ3n) is 2.49. The summed E-state index contributed by atoms with van der Waals surface area (Å²) >= 11 is 1.90. The van der Waals surface area contributed by atoms with Crippen molar-refractivity contribution in [2.45, 2.75) is 26.7 Å². The number of hydrogen-bond acceptors (Lipinski definition) is 1. The average molecular weight is 220 g/mol. The van der Waals surface area contributed by atoms with Crippen LogP contribution in [0.2, 0.25) is 0 Å². The molecule has 0 amide bonds. The number of rotatable bonds is 5. The average Bonchev–Trinajstić information content (AvgIpc) is 2.29. The van der Waals surface area contributed by atoms with Crippen molar-refractivity contribution in [2.24, 2.45) is 0 Å². The van der Waals surface area contributed by atoms with Gasteiger partial charge in [-0.2, -0.15) is 11.8 Å². The zero-order valence-corrected chi connectivity index (χ0v) is 10.7. The van der Waals surface area contributed by atoms with Gasteiger partial charge in [0.15, 0.2) is 0 Å². The van der Waals surface area contributed by atoms with Crippen LogP contribution in [0, 0.1) is 0 Å². The highest BCUT2D eigenvalue weighted by Crippen LogP contribution is 2.23. The number of hydrogen-bond donors (Lipinski definition) is 0. The molecule has 0 saturated carbocycles. The summed E-state index contributed by atoms with van der Waals surface area (Å²) in [7, 11) is 0. The van der Waals surface area contributed by atoms with Crippen molar-refractivity contribution in [2.75, 3.05) is 12.0 Å². The van der Waals surface area contributed by atoms with Crippen molar-refractivity contribution in [1.29, 1.82) is 0 Å². The molecule has 0 fully saturated rings. The quantitative estimate of drug-likeness (QED) is 0.708. The maximum Gasteiger partial charge on any atom is 0.0184 e. The number of thioether (sulfide) groups is 1. The van der Waals surface area contributed by atoms with E-state index in [-0.39, 0.29) is 0 Å². The zero-order valence-electron chi connectivity index (χ0n) is 9.92. The minimum absolute atomic E-state index is 1.12. The summed E-state index contributed by atoms with van der Waals surface area (Å²) in [6, 6.07) is 8.75. The molecule has 0 aliphatic rings. The lowest BCUT2D eigenvalue weighted by Crippen LogP contribution is -1.94. The van der Waals surface area contributed by atoms with E-state index in [1.807, 2.05) is 11.8 Å². The van der Waals surface area contributed by atoms with E-state index in [2.05, 4.69) is 50.4 Å². The van der Waals surface area contributed by atoms with Gasteiger partial charge in [-0.05, 0) is 35.8 Å². The van der Waals surface area contributed by atoms with Crippen LogP contribution >= 0.6 is 11.8 Å². The van der Waals surface area contributed by atoms with Gasteiger partial charge < -0.3 is 0 Å². The topological polar surface area (TPSA) is 0 Å². The lowest BCUT2D eigenvalue weighted by atomic mass is 9.98. The molecule has 82 valence electrons. The highest BCUT2D eigenvalue weighted by atomic mass is 32.2. The van der Waals surface area contributed by atoms with Gasteiger partial charge in [-0.15, -0.1) is 0 Å². The Morgan fingerprint density at radius 3 is 2.60 bits per heavy atom. The van der Waals surface area contributed by atoms with E-state index >= 15 is 0 Å². The Hall–Kier alpha value is -0.690. The van der Waals surface area contributed by atoms with E-state index in [1.54, 1.807) is 0 Å². The smallest absolute Gasteiger partial charge is 0.0184 e. The summed E-state index contributed by atoms with van der Waals surface area (Å²) in [5, 5.41) is 0. The molecule has 0 aromatic heterocycles. The monoisotopic (exact) mass is 220 g/mol. The molecule has 0 bridgehead atoms. The molecule has 0 atom stereocenters. The van der Waals surface area contributed by atoms with Gasteiger partial charge in [-0.25, -0.2) is 0 Å². The normalized spacial score (nSPS) is 11.8. The number of allylic oxidation sites excluding steroid dienone is 1. The van der Waals surface area contributed by atoms with Crippen molar-refractivity contribution < 1.29 is 0 Å². The summed E-state index contributed by atoms with van der Waals surface area (Å²) < 4.78 is 0. The Balaban J connectivity index is 3.04. The second-order valence-corrected chi connectivity index (χ2v) is 4.45. The van der Waals surface area contributed by atoms with Crippen LogP contribution in [0.25, 0.3) is 5.57 Å². The van der Waals surface area contributed by atoms with Crippen LogP contribution in [-0.4, -0.2) is 12.0 Å². The van der Waals surface area contributed by atoms with Gasteiger partial charge in [0, 0.05) is 5.75 Å². The van der Waals surface area contributed by atoms with Crippen LogP contribution in [0.1, 0.15) is 31.4 Å². The molecule has 0 heterocycles. The van der Waals surface area contributed by atoms with Crippen molar-refractivity contribution in [3.05, 3.63) is 41.5 Å². The molecule has 1 aromatic carbocycles. The summed E-state index contributed by atoms with van der Waals surface area (Å²) in [4.78, 5) is 0. The molecule has 15 heavy (non-hydrogen) atoms. The first kappa shape index (κ1) is 12.4. The van der Waals surface area contributed by atoms with Crippen LogP contribution in [-0.2, 0) is 6.42 Å². The minimum Gasteiger partial charge on any atom is -0.161 e. The van der Waals surface area contributed by atoms with E-state index < -0.39 is 0 Å². The van der Waals surface area contributed by atoms with Gasteiger partial charge in [0.05, 0.1) is 0 Å². The summed E-state index contributed by atoms with van der Waals surface area (Å²) in [6.07, 6.45) is 6.75. The van der Waals surface area contributed by atoms with E-state index in [1.165, 1.54) is 16.7 Å². The van der Waals surface area contributed by atoms with Crippen molar-refractivity contribution in [3.63, 3.8) is 0 Å². The van der Waals surface area contributed by atoms with E-state index in [9.17, 15) is 0 Å². The summed E-state index contributed by atoms with van der Waals surface area (Å²) in [5.74, 6) is 1.12. The van der Waals surface area contributed by atoms with Gasteiger partial charge in [-0.1, -0.05) is 44.2 Å². The molecule has 0 aliphatic heterocycles. The van der Waals surface area contributed by atoms with Gasteiger partial charge >= 0.3 is 0 Å². The van der Waals surface area contributed by atoms with Crippen LogP contribution in [0.5, 0.6) is 0 Å². The van der Waals surface area contributed by atoms with E-state index in [0.717, 1.165) is 18.6 Å². The van der Waals surface area contributed by atoms with Crippen molar-refractivity contribution >= 4 is 17.3 Å². The fraction of sp³-hybridized carbons (Fsp3) is 0.429. The van der Waals surface area contributed by atoms with Crippen LogP contribution in [0.3, 0.4) is 0 Å². The summed E-state index contributed by atoms with van der Waals surface area (Å²) in [6.45, 7) is 4.43. The molecule has 1 aromatic rings. The van der Waals surface area contributed by atoms with E-state index in [4.69, 9.17) is 0 Å². The largest absolute Gasteiger partial charge is 0.161 e. The van der Waals surface area contributed by atoms with Gasteiger partial charge in [0.2, 0.25) is 0 Å². The second-order valence-electron chi connectivity index (χ2n) is 3.58. The molecule has 0 saturated heterocycles. The molecule has 0 N–H and O–H groups in total. The predicted octanol–water partition coefficient (Wildman–Crippen LogP) is 4.41. The minimum atomic E-state index is 1.12. The third-order valence-corrected chi connectivity index (χ3v) is 3.09. The van der Waals surface area contributed by atoms with Crippen molar-refractivity contribution in [1.82, 2.24) is 0 Å². The Bertz CT molecular complexity index is 326. The van der Waals surface area contributed by atoms with Crippen LogP contribution in [0.15, 0.2) is 30.3 Å². The SMILES string of the molecule is CC/C=C(\CSC)c1ccccc1CC. The first-order valence-corrected chi connectivity index (χ1v) is 6.99. The fourth-order valence-corrected chi connectivity index (χ4v) is 2.37. The highest BCUT2D eigenvalue weighted by molar-refractivity contribution is 7.99. The molecular formula is C14H20S. The first-order chi connectivity index (χ1) is 7.33. The van der Waals surface area contributed by atoms with Gasteiger partial charge in [0.25, 0.3) is 0 Å². The van der Waals surface area contributed by atoms with Crippen LogP contribution < -0.4 is 0 Å². The van der Waals surface area contributed by atoms with E-state index in [0.29, 0.717) is 0 Å². The van der Waals surface area contributed by atoms with Crippen molar-refractivity contribution in [3.8, 4) is 0 Å². The summed E-state index contributed by atoms with van der Waals surface area (Å²) in [5.41, 5.74) is 4.39. The maximum absolute atomic E-state index is 2.35. The Morgan fingerprint density at radius 1 is 1.27 bits per heavy atom. The molecule has 0 nitrogen and oxygen atoms in total. The number of benzene rings is 1. The maximum atomic E-state index is 2.35. The Kier molecular flexibility index (Phi) is 5.56. The molecule has 0 aliphatic carbocycles. The van der Waals surface area contributed by atoms with Gasteiger partial charge in [-0.3, -0.25) is 0 Å². The first-order valence-electron chi connectivity index (χ1n) is 5.59. The molecule has 1 heteroatoms. The number of aryl methyl sites for hydroxylation is 1. The lowest BCUT2D eigenvalue weighted by Gasteiger charge is -2.11. The Labute approximate surface area is 97.8 Å². The fourth-order valence-electron chi connectivity index (χ4n) is 1.79. The van der Waals surface area contributed by atoms with Gasteiger partial charge in [0.1, 0.15) is 0 Å². The molecule has 0 unspecified atom stereocenters. The molecule has 0 spiro atoms. The third kappa shape index (κ3) is 3.42.